The van der Waals surface area contributed by atoms with Crippen molar-refractivity contribution in [2.24, 2.45) is 5.10 Å². The molecule has 0 aliphatic rings. The smallest absolute Gasteiger partial charge is 0.235 e. The minimum absolute atomic E-state index is 0.0805. The number of nitrogens with two attached hydrogens (primary N) is 1. The second-order valence-corrected chi connectivity index (χ2v) is 3.53. The number of rotatable bonds is 5. The number of phenolic OH excluding ortho intramolecular Hbond substituents is 1. The first-order chi connectivity index (χ1) is 9.20. The standard InChI is InChI=1S/C11H13N5O3/c1-2-18-9-5-7(3-4-8(9)17)6-13-14-11-10(12)15-19-16-11/h3-6,17H,2H2,1H3,(H2,12,15)(H,14,16)/b13-6-. The van der Waals surface area contributed by atoms with Crippen LogP contribution in [0, 0.1) is 0 Å². The fourth-order valence-electron chi connectivity index (χ4n) is 1.32. The van der Waals surface area contributed by atoms with Crippen LogP contribution in [0.2, 0.25) is 0 Å². The maximum atomic E-state index is 9.55. The van der Waals surface area contributed by atoms with Gasteiger partial charge in [0.25, 0.3) is 0 Å². The molecule has 19 heavy (non-hydrogen) atoms. The number of anilines is 2. The van der Waals surface area contributed by atoms with Gasteiger partial charge in [0, 0.05) is 0 Å². The molecule has 0 amide bonds. The number of hydrogen-bond acceptors (Lipinski definition) is 8. The third-order valence-corrected chi connectivity index (χ3v) is 2.18. The van der Waals surface area contributed by atoms with Crippen molar-refractivity contribution in [3.63, 3.8) is 0 Å². The molecule has 0 aliphatic carbocycles. The Morgan fingerprint density at radius 3 is 3.05 bits per heavy atom. The van der Waals surface area contributed by atoms with Crippen molar-refractivity contribution < 1.29 is 14.5 Å². The fourth-order valence-corrected chi connectivity index (χ4v) is 1.32. The van der Waals surface area contributed by atoms with Crippen molar-refractivity contribution in [1.82, 2.24) is 10.3 Å². The molecule has 0 bridgehead atoms. The van der Waals surface area contributed by atoms with Crippen LogP contribution in [0.5, 0.6) is 11.5 Å². The van der Waals surface area contributed by atoms with Crippen LogP contribution in [0.1, 0.15) is 12.5 Å². The number of benzene rings is 1. The van der Waals surface area contributed by atoms with Gasteiger partial charge in [0.1, 0.15) is 0 Å². The first-order valence-electron chi connectivity index (χ1n) is 5.53. The summed E-state index contributed by atoms with van der Waals surface area (Å²) in [4.78, 5) is 0. The van der Waals surface area contributed by atoms with Crippen molar-refractivity contribution in [2.75, 3.05) is 17.8 Å². The molecule has 1 aromatic carbocycles. The number of hydrazone groups is 1. The molecule has 0 saturated carbocycles. The Kier molecular flexibility index (Phi) is 3.81. The molecule has 8 nitrogen and oxygen atoms in total. The fraction of sp³-hybridized carbons (Fsp3) is 0.182. The van der Waals surface area contributed by atoms with Crippen molar-refractivity contribution >= 4 is 17.9 Å². The van der Waals surface area contributed by atoms with E-state index in [0.29, 0.717) is 12.4 Å². The monoisotopic (exact) mass is 263 g/mol. The largest absolute Gasteiger partial charge is 0.504 e. The quantitative estimate of drug-likeness (QED) is 0.547. The average Bonchev–Trinajstić information content (AvgIpc) is 2.79. The van der Waals surface area contributed by atoms with E-state index in [4.69, 9.17) is 10.5 Å². The molecule has 0 unspecified atom stereocenters. The lowest BCUT2D eigenvalue weighted by molar-refractivity contribution is 0.310. The molecule has 1 heterocycles. The van der Waals surface area contributed by atoms with Gasteiger partial charge in [-0.3, -0.25) is 5.43 Å². The molecule has 0 spiro atoms. The summed E-state index contributed by atoms with van der Waals surface area (Å²) in [5, 5.41) is 20.4. The van der Waals surface area contributed by atoms with Gasteiger partial charge >= 0.3 is 0 Å². The number of phenols is 1. The number of aromatic hydroxyl groups is 1. The minimum atomic E-state index is 0.0805. The van der Waals surface area contributed by atoms with Crippen LogP contribution < -0.4 is 15.9 Å². The van der Waals surface area contributed by atoms with E-state index in [1.54, 1.807) is 12.1 Å². The molecule has 100 valence electrons. The molecule has 0 radical (unpaired) electrons. The average molecular weight is 263 g/mol. The summed E-state index contributed by atoms with van der Waals surface area (Å²) in [6.45, 7) is 2.30. The van der Waals surface area contributed by atoms with Gasteiger partial charge in [0.2, 0.25) is 11.6 Å². The van der Waals surface area contributed by atoms with Crippen LogP contribution in [0.25, 0.3) is 0 Å². The van der Waals surface area contributed by atoms with E-state index in [1.165, 1.54) is 12.3 Å². The summed E-state index contributed by atoms with van der Waals surface area (Å²) in [6, 6.07) is 4.88. The van der Waals surface area contributed by atoms with Crippen LogP contribution in [0.15, 0.2) is 27.9 Å². The Balaban J connectivity index is 2.06. The number of aromatic nitrogens is 2. The molecule has 2 aromatic rings. The zero-order valence-corrected chi connectivity index (χ0v) is 10.2. The summed E-state index contributed by atoms with van der Waals surface area (Å²) in [5.41, 5.74) is 8.77. The number of nitrogens with one attached hydrogen (secondary N) is 1. The second-order valence-electron chi connectivity index (χ2n) is 3.53. The van der Waals surface area contributed by atoms with Gasteiger partial charge in [-0.2, -0.15) is 5.10 Å². The van der Waals surface area contributed by atoms with E-state index in [-0.39, 0.29) is 17.4 Å². The van der Waals surface area contributed by atoms with Crippen LogP contribution >= 0.6 is 0 Å². The Hall–Kier alpha value is -2.77. The van der Waals surface area contributed by atoms with Gasteiger partial charge in [-0.05, 0) is 41.0 Å². The highest BCUT2D eigenvalue weighted by Gasteiger charge is 2.04. The van der Waals surface area contributed by atoms with E-state index < -0.39 is 0 Å². The van der Waals surface area contributed by atoms with Crippen molar-refractivity contribution in [2.45, 2.75) is 6.92 Å². The van der Waals surface area contributed by atoms with E-state index in [0.717, 1.165) is 5.56 Å². The minimum Gasteiger partial charge on any atom is -0.504 e. The topological polar surface area (TPSA) is 119 Å². The molecule has 1 aromatic heterocycles. The molecule has 2 rings (SSSR count). The van der Waals surface area contributed by atoms with Crippen LogP contribution in [0.4, 0.5) is 11.6 Å². The number of ether oxygens (including phenoxy) is 1. The Morgan fingerprint density at radius 2 is 2.37 bits per heavy atom. The van der Waals surface area contributed by atoms with E-state index in [2.05, 4.69) is 25.5 Å². The van der Waals surface area contributed by atoms with E-state index in [1.807, 2.05) is 6.92 Å². The molecule has 0 aliphatic heterocycles. The van der Waals surface area contributed by atoms with Gasteiger partial charge in [0.05, 0.1) is 12.8 Å². The molecule has 8 heteroatoms. The number of hydrogen-bond donors (Lipinski definition) is 3. The van der Waals surface area contributed by atoms with Crippen LogP contribution in [-0.2, 0) is 0 Å². The maximum absolute atomic E-state index is 9.55. The Morgan fingerprint density at radius 1 is 1.53 bits per heavy atom. The normalized spacial score (nSPS) is 10.8. The predicted molar refractivity (Wildman–Crippen MR) is 69.2 cm³/mol. The van der Waals surface area contributed by atoms with Gasteiger partial charge in [-0.25, -0.2) is 4.63 Å². The summed E-state index contributed by atoms with van der Waals surface area (Å²) < 4.78 is 9.66. The highest BCUT2D eigenvalue weighted by molar-refractivity contribution is 5.81. The Labute approximate surface area is 108 Å². The highest BCUT2D eigenvalue weighted by Crippen LogP contribution is 2.26. The van der Waals surface area contributed by atoms with Crippen LogP contribution in [0.3, 0.4) is 0 Å². The summed E-state index contributed by atoms with van der Waals surface area (Å²) >= 11 is 0. The molecular formula is C11H13N5O3. The lowest BCUT2D eigenvalue weighted by atomic mass is 10.2. The van der Waals surface area contributed by atoms with Gasteiger partial charge in [-0.15, -0.1) is 0 Å². The van der Waals surface area contributed by atoms with Gasteiger partial charge in [0.15, 0.2) is 11.5 Å². The Bertz CT molecular complexity index is 581. The zero-order valence-electron chi connectivity index (χ0n) is 10.2. The lowest BCUT2D eigenvalue weighted by Gasteiger charge is -2.05. The lowest BCUT2D eigenvalue weighted by Crippen LogP contribution is -1.96. The first kappa shape index (κ1) is 12.7. The second kappa shape index (κ2) is 5.71. The molecule has 0 fully saturated rings. The van der Waals surface area contributed by atoms with Crippen molar-refractivity contribution in [1.29, 1.82) is 0 Å². The SMILES string of the molecule is CCOc1cc(/C=N\Nc2nonc2N)ccc1O. The third kappa shape index (κ3) is 3.12. The zero-order chi connectivity index (χ0) is 13.7. The van der Waals surface area contributed by atoms with Crippen LogP contribution in [-0.4, -0.2) is 28.2 Å². The molecule has 0 saturated heterocycles. The summed E-state index contributed by atoms with van der Waals surface area (Å²) in [6.07, 6.45) is 1.52. The summed E-state index contributed by atoms with van der Waals surface area (Å²) in [7, 11) is 0. The maximum Gasteiger partial charge on any atom is 0.235 e. The number of nitrogen functional groups attached to an aromatic ring is 1. The summed E-state index contributed by atoms with van der Waals surface area (Å²) in [5.74, 6) is 0.837. The predicted octanol–water partition coefficient (Wildman–Crippen LogP) is 1.20. The first-order valence-corrected chi connectivity index (χ1v) is 5.53. The number of nitrogens with zero attached hydrogens (tertiary/aromatic N) is 3. The van der Waals surface area contributed by atoms with Gasteiger partial charge in [-0.1, -0.05) is 0 Å². The van der Waals surface area contributed by atoms with Crippen molar-refractivity contribution in [3.05, 3.63) is 23.8 Å². The van der Waals surface area contributed by atoms with E-state index in [9.17, 15) is 5.11 Å². The molecule has 4 N–H and O–H groups in total. The highest BCUT2D eigenvalue weighted by atomic mass is 16.6. The van der Waals surface area contributed by atoms with E-state index >= 15 is 0 Å². The third-order valence-electron chi connectivity index (χ3n) is 2.18. The molecular weight excluding hydrogens is 250 g/mol. The van der Waals surface area contributed by atoms with Crippen molar-refractivity contribution in [3.8, 4) is 11.5 Å². The van der Waals surface area contributed by atoms with Gasteiger partial charge < -0.3 is 15.6 Å². The molecule has 0 atom stereocenters.